The number of halogens is 6. The zero-order chi connectivity index (χ0) is 30.9. The lowest BCUT2D eigenvalue weighted by Crippen LogP contribution is -2.20. The molecule has 2 aromatic heterocycles. The highest BCUT2D eigenvalue weighted by Gasteiger charge is 2.40. The zero-order valence-corrected chi connectivity index (χ0v) is 22.9. The third-order valence-corrected chi connectivity index (χ3v) is 7.45. The second kappa shape index (κ2) is 12.0. The summed E-state index contributed by atoms with van der Waals surface area (Å²) in [5.74, 6) is -4.29. The molecule has 1 N–H and O–H groups in total. The number of carbonyl (C=O) groups excluding carboxylic acids is 2. The minimum atomic E-state index is -4.65. The molecule has 0 saturated heterocycles. The fourth-order valence-corrected chi connectivity index (χ4v) is 5.64. The SMILES string of the molecule is CNC(=O)c1cc(-c2cccnc2[C@@H](CC(=O)Cn2nc(C(F)(F)F)c3c2CCC3)Cc2cc(F)cc(F)c2)ccc1F. The van der Waals surface area contributed by atoms with Crippen molar-refractivity contribution in [2.45, 2.75) is 50.7 Å². The number of Topliss-reactive ketones (excluding diaryl/α,β-unsaturated/α-hetero) is 1. The molecule has 0 bridgehead atoms. The quantitative estimate of drug-likeness (QED) is 0.232. The summed E-state index contributed by atoms with van der Waals surface area (Å²) in [6.45, 7) is -0.425. The molecule has 0 fully saturated rings. The van der Waals surface area contributed by atoms with Gasteiger partial charge in [-0.15, -0.1) is 0 Å². The first kappa shape index (κ1) is 30.0. The van der Waals surface area contributed by atoms with Crippen molar-refractivity contribution in [3.8, 4) is 11.1 Å². The molecule has 12 heteroatoms. The van der Waals surface area contributed by atoms with Gasteiger partial charge in [0.25, 0.3) is 5.91 Å². The number of alkyl halides is 3. The van der Waals surface area contributed by atoms with Crippen LogP contribution in [0, 0.1) is 17.5 Å². The van der Waals surface area contributed by atoms with Gasteiger partial charge in [-0.25, -0.2) is 13.2 Å². The van der Waals surface area contributed by atoms with Crippen LogP contribution in [0.5, 0.6) is 0 Å². The van der Waals surface area contributed by atoms with E-state index in [9.17, 15) is 35.9 Å². The van der Waals surface area contributed by atoms with Crippen LogP contribution in [0.2, 0.25) is 0 Å². The summed E-state index contributed by atoms with van der Waals surface area (Å²) in [6, 6.07) is 10.1. The van der Waals surface area contributed by atoms with Crippen molar-refractivity contribution in [2.75, 3.05) is 7.05 Å². The van der Waals surface area contributed by atoms with Gasteiger partial charge in [0.05, 0.1) is 17.8 Å². The van der Waals surface area contributed by atoms with E-state index in [2.05, 4.69) is 15.4 Å². The number of rotatable bonds is 9. The highest BCUT2D eigenvalue weighted by Crippen LogP contribution is 2.37. The van der Waals surface area contributed by atoms with Crippen molar-refractivity contribution in [3.05, 3.63) is 106 Å². The Kier molecular flexibility index (Phi) is 8.38. The Bertz CT molecular complexity index is 1680. The lowest BCUT2D eigenvalue weighted by Gasteiger charge is -2.20. The molecule has 0 aliphatic heterocycles. The molecular formula is C31H26F6N4O2. The minimum Gasteiger partial charge on any atom is -0.355 e. The second-order valence-electron chi connectivity index (χ2n) is 10.4. The van der Waals surface area contributed by atoms with Crippen LogP contribution >= 0.6 is 0 Å². The number of nitrogens with zero attached hydrogens (tertiary/aromatic N) is 3. The summed E-state index contributed by atoms with van der Waals surface area (Å²) in [6.07, 6.45) is -2.38. The number of pyridine rings is 1. The number of benzene rings is 2. The summed E-state index contributed by atoms with van der Waals surface area (Å²) in [5, 5.41) is 6.09. The summed E-state index contributed by atoms with van der Waals surface area (Å²) in [5.41, 5.74) is 0.677. The molecule has 0 spiro atoms. The number of carbonyl (C=O) groups is 2. The number of nitrogens with one attached hydrogen (secondary N) is 1. The number of amides is 1. The Morgan fingerprint density at radius 2 is 1.77 bits per heavy atom. The Balaban J connectivity index is 1.52. The number of fused-ring (bicyclic) bond motifs is 1. The molecule has 5 rings (SSSR count). The molecule has 43 heavy (non-hydrogen) atoms. The molecule has 2 aromatic carbocycles. The van der Waals surface area contributed by atoms with Crippen LogP contribution in [-0.2, 0) is 36.8 Å². The van der Waals surface area contributed by atoms with Crippen LogP contribution in [0.4, 0.5) is 26.3 Å². The van der Waals surface area contributed by atoms with Gasteiger partial charge in [0, 0.05) is 48.5 Å². The van der Waals surface area contributed by atoms with Gasteiger partial charge >= 0.3 is 6.18 Å². The Hall–Kier alpha value is -4.48. The topological polar surface area (TPSA) is 76.9 Å². The summed E-state index contributed by atoms with van der Waals surface area (Å²) < 4.78 is 84.5. The fraction of sp³-hybridized carbons (Fsp3) is 0.290. The summed E-state index contributed by atoms with van der Waals surface area (Å²) in [4.78, 5) is 30.1. The van der Waals surface area contributed by atoms with E-state index in [1.807, 2.05) is 0 Å². The molecule has 6 nitrogen and oxygen atoms in total. The fourth-order valence-electron chi connectivity index (χ4n) is 5.64. The standard InChI is InChI=1S/C31H26F6N4O2/c1-38-30(43)25-14-18(7-8-26(25)34)23-5-3-9-39-28(23)19(10-17-11-20(32)15-21(33)12-17)13-22(42)16-41-27-6-2-4-24(27)29(40-41)31(35,36)37/h3,5,7-9,11-12,14-15,19H,2,4,6,10,13,16H2,1H3,(H,38,43)/t19-/m1/s1. The van der Waals surface area contributed by atoms with E-state index in [0.29, 0.717) is 41.4 Å². The number of ketones is 1. The van der Waals surface area contributed by atoms with Crippen LogP contribution < -0.4 is 5.32 Å². The van der Waals surface area contributed by atoms with Crippen molar-refractivity contribution in [1.29, 1.82) is 0 Å². The van der Waals surface area contributed by atoms with Crippen molar-refractivity contribution in [3.63, 3.8) is 0 Å². The number of aromatic nitrogens is 3. The molecule has 1 amide bonds. The average molecular weight is 601 g/mol. The van der Waals surface area contributed by atoms with E-state index >= 15 is 0 Å². The molecule has 224 valence electrons. The van der Waals surface area contributed by atoms with Crippen molar-refractivity contribution in [2.24, 2.45) is 0 Å². The van der Waals surface area contributed by atoms with Gasteiger partial charge in [-0.2, -0.15) is 18.3 Å². The highest BCUT2D eigenvalue weighted by molar-refractivity contribution is 5.95. The Morgan fingerprint density at radius 1 is 1.02 bits per heavy atom. The van der Waals surface area contributed by atoms with Gasteiger partial charge < -0.3 is 5.32 Å². The second-order valence-corrected chi connectivity index (χ2v) is 10.4. The third kappa shape index (κ3) is 6.47. The largest absolute Gasteiger partial charge is 0.435 e. The first-order chi connectivity index (χ1) is 20.4. The third-order valence-electron chi connectivity index (χ3n) is 7.45. The maximum atomic E-state index is 14.4. The minimum absolute atomic E-state index is 0.0427. The molecular weight excluding hydrogens is 574 g/mol. The van der Waals surface area contributed by atoms with Crippen molar-refractivity contribution < 1.29 is 35.9 Å². The normalized spacial score (nSPS) is 13.6. The van der Waals surface area contributed by atoms with E-state index in [1.54, 1.807) is 12.1 Å². The van der Waals surface area contributed by atoms with Crippen LogP contribution in [0.1, 0.15) is 57.3 Å². The summed E-state index contributed by atoms with van der Waals surface area (Å²) >= 11 is 0. The van der Waals surface area contributed by atoms with Gasteiger partial charge in [-0.3, -0.25) is 19.3 Å². The molecule has 0 unspecified atom stereocenters. The predicted molar refractivity (Wildman–Crippen MR) is 145 cm³/mol. The van der Waals surface area contributed by atoms with Crippen LogP contribution in [0.25, 0.3) is 11.1 Å². The van der Waals surface area contributed by atoms with Gasteiger partial charge in [-0.05, 0) is 67.1 Å². The highest BCUT2D eigenvalue weighted by atomic mass is 19.4. The van der Waals surface area contributed by atoms with Gasteiger partial charge in [0.2, 0.25) is 0 Å². The van der Waals surface area contributed by atoms with Gasteiger partial charge in [-0.1, -0.05) is 12.1 Å². The number of hydrogen-bond acceptors (Lipinski definition) is 4. The van der Waals surface area contributed by atoms with Gasteiger partial charge in [0.15, 0.2) is 11.5 Å². The lowest BCUT2D eigenvalue weighted by atomic mass is 9.86. The van der Waals surface area contributed by atoms with Crippen molar-refractivity contribution >= 4 is 11.7 Å². The maximum Gasteiger partial charge on any atom is 0.435 e. The van der Waals surface area contributed by atoms with E-state index in [0.717, 1.165) is 22.9 Å². The lowest BCUT2D eigenvalue weighted by molar-refractivity contribution is -0.142. The molecule has 0 saturated carbocycles. The monoisotopic (exact) mass is 600 g/mol. The molecule has 1 aliphatic rings. The Morgan fingerprint density at radius 3 is 2.47 bits per heavy atom. The smallest absolute Gasteiger partial charge is 0.355 e. The van der Waals surface area contributed by atoms with Crippen LogP contribution in [0.3, 0.4) is 0 Å². The molecule has 0 radical (unpaired) electrons. The number of hydrogen-bond donors (Lipinski definition) is 1. The maximum absolute atomic E-state index is 14.4. The van der Waals surface area contributed by atoms with E-state index in [-0.39, 0.29) is 36.0 Å². The molecule has 1 aliphatic carbocycles. The van der Waals surface area contributed by atoms with E-state index in [4.69, 9.17) is 0 Å². The van der Waals surface area contributed by atoms with E-state index < -0.39 is 53.5 Å². The first-order valence-electron chi connectivity index (χ1n) is 13.5. The zero-order valence-electron chi connectivity index (χ0n) is 22.9. The Labute approximate surface area is 242 Å². The molecule has 1 atom stereocenters. The first-order valence-corrected chi connectivity index (χ1v) is 13.5. The van der Waals surface area contributed by atoms with Gasteiger partial charge in [0.1, 0.15) is 17.5 Å². The van der Waals surface area contributed by atoms with Crippen LogP contribution in [-0.4, -0.2) is 33.5 Å². The van der Waals surface area contributed by atoms with Crippen LogP contribution in [0.15, 0.2) is 54.7 Å². The summed E-state index contributed by atoms with van der Waals surface area (Å²) in [7, 11) is 1.36. The average Bonchev–Trinajstić information content (AvgIpc) is 3.56. The molecule has 2 heterocycles. The molecule has 4 aromatic rings. The van der Waals surface area contributed by atoms with Crippen molar-refractivity contribution in [1.82, 2.24) is 20.1 Å². The van der Waals surface area contributed by atoms with E-state index in [1.165, 1.54) is 25.4 Å². The predicted octanol–water partition coefficient (Wildman–Crippen LogP) is 6.22.